The fourth-order valence-electron chi connectivity index (χ4n) is 3.55. The van der Waals surface area contributed by atoms with Crippen LogP contribution in [0.15, 0.2) is 39.9 Å². The quantitative estimate of drug-likeness (QED) is 0.806. The number of nitrogens with zero attached hydrogens (tertiary/aromatic N) is 4. The number of para-hydroxylation sites is 1. The van der Waals surface area contributed by atoms with Gasteiger partial charge in [-0.25, -0.2) is 4.79 Å². The van der Waals surface area contributed by atoms with E-state index >= 15 is 0 Å². The largest absolute Gasteiger partial charge is 0.355 e. The molecule has 0 atom stereocenters. The van der Waals surface area contributed by atoms with Gasteiger partial charge in [0.1, 0.15) is 5.82 Å². The molecule has 0 radical (unpaired) electrons. The number of aromatic nitrogens is 2. The topological polar surface area (TPSA) is 79.6 Å². The summed E-state index contributed by atoms with van der Waals surface area (Å²) in [5.74, 6) is 0.601. The van der Waals surface area contributed by atoms with E-state index in [1.54, 1.807) is 7.05 Å². The van der Waals surface area contributed by atoms with E-state index < -0.39 is 0 Å². The monoisotopic (exact) mass is 385 g/mol. The Balaban J connectivity index is 1.61. The maximum Gasteiger partial charge on any atom is 0.332 e. The van der Waals surface area contributed by atoms with Gasteiger partial charge in [0.2, 0.25) is 5.91 Å². The number of hydrogen-bond donors (Lipinski definition) is 1. The zero-order valence-corrected chi connectivity index (χ0v) is 16.6. The Hall–Kier alpha value is -2.87. The summed E-state index contributed by atoms with van der Waals surface area (Å²) in [5.41, 5.74) is 1.40. The summed E-state index contributed by atoms with van der Waals surface area (Å²) in [6.45, 7) is 5.62. The summed E-state index contributed by atoms with van der Waals surface area (Å²) < 4.78 is 2.65. The Kier molecular flexibility index (Phi) is 5.99. The molecule has 1 saturated heterocycles. The second-order valence-corrected chi connectivity index (χ2v) is 7.16. The average Bonchev–Trinajstić information content (AvgIpc) is 2.68. The van der Waals surface area contributed by atoms with Gasteiger partial charge in [0, 0.05) is 65.5 Å². The number of amides is 1. The predicted octanol–water partition coefficient (Wildman–Crippen LogP) is 0.407. The molecule has 150 valence electrons. The van der Waals surface area contributed by atoms with Crippen molar-refractivity contribution < 1.29 is 4.79 Å². The molecular formula is C20H27N5O3. The van der Waals surface area contributed by atoms with Gasteiger partial charge in [-0.1, -0.05) is 18.2 Å². The number of benzene rings is 1. The van der Waals surface area contributed by atoms with Crippen molar-refractivity contribution in [2.75, 3.05) is 42.9 Å². The lowest BCUT2D eigenvalue weighted by atomic mass is 10.1. The van der Waals surface area contributed by atoms with Crippen LogP contribution in [0.1, 0.15) is 12.5 Å². The Morgan fingerprint density at radius 2 is 1.71 bits per heavy atom. The van der Waals surface area contributed by atoms with Crippen LogP contribution >= 0.6 is 0 Å². The molecule has 0 saturated carbocycles. The van der Waals surface area contributed by atoms with Gasteiger partial charge in [-0.15, -0.1) is 0 Å². The van der Waals surface area contributed by atoms with Gasteiger partial charge in [-0.3, -0.25) is 23.6 Å². The first-order valence-corrected chi connectivity index (χ1v) is 9.46. The molecule has 8 nitrogen and oxygen atoms in total. The highest BCUT2D eigenvalue weighted by atomic mass is 16.2. The second kappa shape index (κ2) is 8.43. The van der Waals surface area contributed by atoms with Crippen molar-refractivity contribution >= 4 is 17.4 Å². The molecule has 0 unspecified atom stereocenters. The lowest BCUT2D eigenvalue weighted by molar-refractivity contribution is -0.114. The third kappa shape index (κ3) is 4.33. The normalized spacial score (nSPS) is 14.9. The molecule has 1 aromatic heterocycles. The molecule has 2 aromatic rings. The van der Waals surface area contributed by atoms with E-state index in [1.807, 2.05) is 24.3 Å². The number of piperazine rings is 1. The van der Waals surface area contributed by atoms with E-state index in [4.69, 9.17) is 0 Å². The minimum absolute atomic E-state index is 0.0688. The van der Waals surface area contributed by atoms with Crippen LogP contribution in [-0.4, -0.2) is 52.7 Å². The molecule has 0 spiro atoms. The van der Waals surface area contributed by atoms with Gasteiger partial charge >= 0.3 is 5.69 Å². The van der Waals surface area contributed by atoms with Crippen LogP contribution in [0, 0.1) is 0 Å². The molecule has 1 aromatic carbocycles. The molecule has 1 aliphatic heterocycles. The van der Waals surface area contributed by atoms with Crippen molar-refractivity contribution in [2.24, 2.45) is 14.1 Å². The third-order valence-corrected chi connectivity index (χ3v) is 5.22. The maximum atomic E-state index is 12.1. The highest BCUT2D eigenvalue weighted by Crippen LogP contribution is 2.17. The second-order valence-electron chi connectivity index (χ2n) is 7.16. The van der Waals surface area contributed by atoms with Gasteiger partial charge in [0.05, 0.1) is 0 Å². The summed E-state index contributed by atoms with van der Waals surface area (Å²) >= 11 is 0. The van der Waals surface area contributed by atoms with E-state index in [-0.39, 0.29) is 17.2 Å². The maximum absolute atomic E-state index is 12.1. The predicted molar refractivity (Wildman–Crippen MR) is 110 cm³/mol. The van der Waals surface area contributed by atoms with Crippen molar-refractivity contribution in [3.05, 3.63) is 56.7 Å². The summed E-state index contributed by atoms with van der Waals surface area (Å²) in [4.78, 5) is 39.9. The van der Waals surface area contributed by atoms with E-state index in [0.29, 0.717) is 5.82 Å². The van der Waals surface area contributed by atoms with Gasteiger partial charge < -0.3 is 10.2 Å². The van der Waals surface area contributed by atoms with E-state index in [0.717, 1.165) is 55.0 Å². The molecule has 28 heavy (non-hydrogen) atoms. The van der Waals surface area contributed by atoms with Crippen molar-refractivity contribution in [2.45, 2.75) is 13.3 Å². The Morgan fingerprint density at radius 1 is 1.04 bits per heavy atom. The highest BCUT2D eigenvalue weighted by molar-refractivity contribution is 5.89. The fraction of sp³-hybridized carbons (Fsp3) is 0.450. The van der Waals surface area contributed by atoms with Gasteiger partial charge in [0.15, 0.2) is 0 Å². The van der Waals surface area contributed by atoms with Crippen LogP contribution in [-0.2, 0) is 25.3 Å². The summed E-state index contributed by atoms with van der Waals surface area (Å²) in [5, 5.41) is 2.88. The van der Waals surface area contributed by atoms with Crippen LogP contribution in [0.5, 0.6) is 0 Å². The fourth-order valence-corrected chi connectivity index (χ4v) is 3.55. The minimum atomic E-state index is -0.306. The number of nitrogens with one attached hydrogen (secondary N) is 1. The van der Waals surface area contributed by atoms with Crippen LogP contribution in [0.25, 0.3) is 0 Å². The number of carbonyl (C=O) groups excluding carboxylic acids is 1. The molecule has 3 rings (SSSR count). The minimum Gasteiger partial charge on any atom is -0.355 e. The van der Waals surface area contributed by atoms with E-state index in [2.05, 4.69) is 15.1 Å². The first-order chi connectivity index (χ1) is 13.4. The molecular weight excluding hydrogens is 358 g/mol. The van der Waals surface area contributed by atoms with Crippen LogP contribution in [0.2, 0.25) is 0 Å². The van der Waals surface area contributed by atoms with Gasteiger partial charge in [0.25, 0.3) is 5.56 Å². The number of carbonyl (C=O) groups is 1. The molecule has 1 fully saturated rings. The third-order valence-electron chi connectivity index (χ3n) is 5.22. The summed E-state index contributed by atoms with van der Waals surface area (Å²) in [6.07, 6.45) is 0.848. The van der Waals surface area contributed by atoms with Gasteiger partial charge in [-0.05, 0) is 18.1 Å². The first-order valence-electron chi connectivity index (χ1n) is 9.46. The van der Waals surface area contributed by atoms with Crippen molar-refractivity contribution in [3.63, 3.8) is 0 Å². The Bertz CT molecular complexity index is 971. The summed E-state index contributed by atoms with van der Waals surface area (Å²) in [6, 6.07) is 9.39. The lowest BCUT2D eigenvalue weighted by Gasteiger charge is -2.36. The zero-order valence-electron chi connectivity index (χ0n) is 16.6. The standard InChI is InChI=1S/C20H27N5O3/c1-15(26)21-17-7-5-4-6-16(17)8-9-24-10-12-25(13-11-24)18-14-19(27)23(3)20(28)22(18)2/h4-7,14H,8-13H2,1-3H3,(H,21,26). The molecule has 1 amide bonds. The van der Waals surface area contributed by atoms with Crippen molar-refractivity contribution in [3.8, 4) is 0 Å². The van der Waals surface area contributed by atoms with Crippen molar-refractivity contribution in [1.82, 2.24) is 14.0 Å². The van der Waals surface area contributed by atoms with Crippen LogP contribution in [0.4, 0.5) is 11.5 Å². The number of hydrogen-bond acceptors (Lipinski definition) is 5. The van der Waals surface area contributed by atoms with Gasteiger partial charge in [-0.2, -0.15) is 0 Å². The van der Waals surface area contributed by atoms with Crippen LogP contribution < -0.4 is 21.5 Å². The lowest BCUT2D eigenvalue weighted by Crippen LogP contribution is -2.49. The molecule has 0 aliphatic carbocycles. The molecule has 1 aliphatic rings. The molecule has 0 bridgehead atoms. The smallest absolute Gasteiger partial charge is 0.332 e. The van der Waals surface area contributed by atoms with Crippen LogP contribution in [0.3, 0.4) is 0 Å². The molecule has 8 heteroatoms. The molecule has 1 N–H and O–H groups in total. The first kappa shape index (κ1) is 19.9. The van der Waals surface area contributed by atoms with E-state index in [9.17, 15) is 14.4 Å². The SMILES string of the molecule is CC(=O)Nc1ccccc1CCN1CCN(c2cc(=O)n(C)c(=O)n2C)CC1. The van der Waals surface area contributed by atoms with Crippen molar-refractivity contribution in [1.29, 1.82) is 0 Å². The zero-order chi connectivity index (χ0) is 20.3. The average molecular weight is 385 g/mol. The number of anilines is 2. The summed E-state index contributed by atoms with van der Waals surface area (Å²) in [7, 11) is 3.19. The van der Waals surface area contributed by atoms with E-state index in [1.165, 1.54) is 24.6 Å². The Morgan fingerprint density at radius 3 is 2.39 bits per heavy atom. The highest BCUT2D eigenvalue weighted by Gasteiger charge is 2.20. The Labute approximate surface area is 164 Å². The number of rotatable bonds is 5. The molecule has 2 heterocycles.